The summed E-state index contributed by atoms with van der Waals surface area (Å²) in [6.45, 7) is 8.60. The molecule has 4 nitrogen and oxygen atoms in total. The highest BCUT2D eigenvalue weighted by Gasteiger charge is 2.31. The lowest BCUT2D eigenvalue weighted by Crippen LogP contribution is -2.50. The average molecular weight is 425 g/mol. The molecule has 0 amide bonds. The van der Waals surface area contributed by atoms with Crippen molar-refractivity contribution in [3.63, 3.8) is 0 Å². The van der Waals surface area contributed by atoms with Gasteiger partial charge in [-0.2, -0.15) is 0 Å². The number of halogens is 2. The van der Waals surface area contributed by atoms with E-state index in [1.54, 1.807) is 6.07 Å². The second-order valence-electron chi connectivity index (χ2n) is 6.96. The number of hydrogen-bond acceptors (Lipinski definition) is 5. The van der Waals surface area contributed by atoms with Gasteiger partial charge in [-0.25, -0.2) is 9.97 Å². The molecule has 0 spiro atoms. The van der Waals surface area contributed by atoms with Crippen molar-refractivity contribution in [1.82, 2.24) is 15.3 Å². The molecule has 2 heterocycles. The summed E-state index contributed by atoms with van der Waals surface area (Å²) in [6.07, 6.45) is 4.12. The first-order valence-corrected chi connectivity index (χ1v) is 11.0. The number of aryl methyl sites for hydroxylation is 1. The summed E-state index contributed by atoms with van der Waals surface area (Å²) in [7, 11) is 0. The minimum Gasteiger partial charge on any atom is -0.365 e. The lowest BCUT2D eigenvalue weighted by molar-refractivity contribution is 0.244. The first-order valence-electron chi connectivity index (χ1n) is 9.46. The molecule has 2 unspecified atom stereocenters. The molecule has 2 atom stereocenters. The summed E-state index contributed by atoms with van der Waals surface area (Å²) in [6, 6.07) is 6.05. The van der Waals surface area contributed by atoms with Crippen LogP contribution in [0.4, 0.5) is 5.82 Å². The normalized spacial score (nSPS) is 22.6. The molecule has 2 N–H and O–H groups in total. The number of nitrogens with zero attached hydrogens (tertiary/aromatic N) is 2. The van der Waals surface area contributed by atoms with E-state index in [1.165, 1.54) is 11.8 Å². The smallest absolute Gasteiger partial charge is 0.145 e. The quantitative estimate of drug-likeness (QED) is 0.624. The van der Waals surface area contributed by atoms with Gasteiger partial charge in [0.2, 0.25) is 0 Å². The molecule has 1 aromatic heterocycles. The van der Waals surface area contributed by atoms with Crippen LogP contribution in [-0.4, -0.2) is 29.1 Å². The molecule has 0 saturated carbocycles. The van der Waals surface area contributed by atoms with Gasteiger partial charge in [-0.05, 0) is 44.0 Å². The SMILES string of the molecule is CCC1CNCC(CC)C1Nc1cnc(Sc2cccc(Cl)c2Cl)c(C)n1. The van der Waals surface area contributed by atoms with Crippen LogP contribution in [0.3, 0.4) is 0 Å². The Bertz CT molecular complexity index is 775. The zero-order valence-corrected chi connectivity index (χ0v) is 18.3. The van der Waals surface area contributed by atoms with Gasteiger partial charge in [0.1, 0.15) is 10.8 Å². The minimum atomic E-state index is 0.427. The molecule has 146 valence electrons. The molecular formula is C20H26Cl2N4S. The lowest BCUT2D eigenvalue weighted by atomic mass is 9.82. The molecule has 7 heteroatoms. The Balaban J connectivity index is 1.77. The Hall–Kier alpha value is -1.01. The van der Waals surface area contributed by atoms with Crippen molar-refractivity contribution in [3.05, 3.63) is 40.1 Å². The molecule has 3 rings (SSSR count). The van der Waals surface area contributed by atoms with Gasteiger partial charge in [0.15, 0.2) is 0 Å². The molecule has 1 aliphatic heterocycles. The molecule has 1 aliphatic rings. The van der Waals surface area contributed by atoms with E-state index in [0.29, 0.717) is 27.9 Å². The van der Waals surface area contributed by atoms with Crippen LogP contribution in [0.15, 0.2) is 34.3 Å². The van der Waals surface area contributed by atoms with E-state index in [-0.39, 0.29) is 0 Å². The Morgan fingerprint density at radius 2 is 1.89 bits per heavy atom. The van der Waals surface area contributed by atoms with Crippen molar-refractivity contribution in [1.29, 1.82) is 0 Å². The summed E-state index contributed by atoms with van der Waals surface area (Å²) >= 11 is 13.9. The van der Waals surface area contributed by atoms with Crippen LogP contribution in [0, 0.1) is 18.8 Å². The van der Waals surface area contributed by atoms with Crippen LogP contribution in [0.2, 0.25) is 10.0 Å². The maximum atomic E-state index is 6.30. The number of rotatable bonds is 6. The van der Waals surface area contributed by atoms with Gasteiger partial charge in [-0.15, -0.1) is 0 Å². The summed E-state index contributed by atoms with van der Waals surface area (Å²) in [5.74, 6) is 2.05. The maximum absolute atomic E-state index is 6.30. The van der Waals surface area contributed by atoms with E-state index in [1.807, 2.05) is 25.3 Å². The van der Waals surface area contributed by atoms with Crippen molar-refractivity contribution in [2.45, 2.75) is 49.6 Å². The lowest BCUT2D eigenvalue weighted by Gasteiger charge is -2.39. The zero-order chi connectivity index (χ0) is 19.4. The molecule has 0 bridgehead atoms. The van der Waals surface area contributed by atoms with Gasteiger partial charge < -0.3 is 10.6 Å². The van der Waals surface area contributed by atoms with E-state index < -0.39 is 0 Å². The number of hydrogen-bond donors (Lipinski definition) is 2. The van der Waals surface area contributed by atoms with Gasteiger partial charge in [0.05, 0.1) is 21.9 Å². The highest BCUT2D eigenvalue weighted by molar-refractivity contribution is 7.99. The second kappa shape index (κ2) is 9.46. The highest BCUT2D eigenvalue weighted by Crippen LogP contribution is 2.37. The van der Waals surface area contributed by atoms with E-state index in [4.69, 9.17) is 28.2 Å². The number of anilines is 1. The van der Waals surface area contributed by atoms with Crippen molar-refractivity contribution < 1.29 is 0 Å². The van der Waals surface area contributed by atoms with E-state index in [9.17, 15) is 0 Å². The number of piperidine rings is 1. The Labute approximate surface area is 175 Å². The molecule has 0 radical (unpaired) electrons. The number of aromatic nitrogens is 2. The third-order valence-corrected chi connectivity index (χ3v) is 7.30. The predicted octanol–water partition coefficient (Wildman–Crippen LogP) is 5.68. The number of nitrogens with one attached hydrogen (secondary N) is 2. The van der Waals surface area contributed by atoms with Crippen molar-refractivity contribution in [3.8, 4) is 0 Å². The molecule has 2 aromatic rings. The summed E-state index contributed by atoms with van der Waals surface area (Å²) in [4.78, 5) is 10.3. The summed E-state index contributed by atoms with van der Waals surface area (Å²) in [5, 5.41) is 9.17. The Kier molecular flexibility index (Phi) is 7.26. The van der Waals surface area contributed by atoms with Crippen molar-refractivity contribution >= 4 is 40.8 Å². The fourth-order valence-corrected chi connectivity index (χ4v) is 4.93. The van der Waals surface area contributed by atoms with E-state index in [2.05, 4.69) is 29.5 Å². The Morgan fingerprint density at radius 3 is 2.52 bits per heavy atom. The van der Waals surface area contributed by atoms with Crippen LogP contribution in [-0.2, 0) is 0 Å². The fourth-order valence-electron chi connectivity index (χ4n) is 3.60. The highest BCUT2D eigenvalue weighted by atomic mass is 35.5. The molecule has 1 aromatic carbocycles. The zero-order valence-electron chi connectivity index (χ0n) is 15.9. The monoisotopic (exact) mass is 424 g/mol. The average Bonchev–Trinajstić information content (AvgIpc) is 2.67. The van der Waals surface area contributed by atoms with Gasteiger partial charge >= 0.3 is 0 Å². The van der Waals surface area contributed by atoms with E-state index in [0.717, 1.165) is 47.4 Å². The van der Waals surface area contributed by atoms with Crippen LogP contribution < -0.4 is 10.6 Å². The molecule has 1 fully saturated rings. The second-order valence-corrected chi connectivity index (χ2v) is 8.78. The fraction of sp³-hybridized carbons (Fsp3) is 0.500. The minimum absolute atomic E-state index is 0.427. The van der Waals surface area contributed by atoms with Crippen molar-refractivity contribution in [2.24, 2.45) is 11.8 Å². The maximum Gasteiger partial charge on any atom is 0.145 e. The van der Waals surface area contributed by atoms with Gasteiger partial charge in [0, 0.05) is 10.9 Å². The van der Waals surface area contributed by atoms with Crippen LogP contribution in [0.1, 0.15) is 32.4 Å². The van der Waals surface area contributed by atoms with Gasteiger partial charge in [-0.3, -0.25) is 0 Å². The standard InChI is InChI=1S/C20H26Cl2N4S/c1-4-13-9-23-10-14(5-2)19(13)26-17-11-24-20(12(3)25-17)27-16-8-6-7-15(21)18(16)22/h6-8,11,13-14,19,23H,4-5,9-10H2,1-3H3,(H,25,26). The third-order valence-electron chi connectivity index (χ3n) is 5.22. The summed E-state index contributed by atoms with van der Waals surface area (Å²) in [5.41, 5.74) is 0.885. The molecule has 1 saturated heterocycles. The Morgan fingerprint density at radius 1 is 1.19 bits per heavy atom. The predicted molar refractivity (Wildman–Crippen MR) is 115 cm³/mol. The van der Waals surface area contributed by atoms with Gasteiger partial charge in [0.25, 0.3) is 0 Å². The van der Waals surface area contributed by atoms with Crippen LogP contribution in [0.5, 0.6) is 0 Å². The first kappa shape index (κ1) is 20.7. The first-order chi connectivity index (χ1) is 13.0. The topological polar surface area (TPSA) is 49.8 Å². The van der Waals surface area contributed by atoms with Crippen molar-refractivity contribution in [2.75, 3.05) is 18.4 Å². The van der Waals surface area contributed by atoms with Crippen LogP contribution in [0.25, 0.3) is 0 Å². The van der Waals surface area contributed by atoms with E-state index >= 15 is 0 Å². The third kappa shape index (κ3) is 4.89. The molecule has 0 aliphatic carbocycles. The molecular weight excluding hydrogens is 399 g/mol. The molecule has 27 heavy (non-hydrogen) atoms. The summed E-state index contributed by atoms with van der Waals surface area (Å²) < 4.78 is 0. The largest absolute Gasteiger partial charge is 0.365 e. The van der Waals surface area contributed by atoms with Gasteiger partial charge in [-0.1, -0.05) is 67.7 Å². The van der Waals surface area contributed by atoms with Crippen LogP contribution >= 0.6 is 35.0 Å². The number of benzene rings is 1.